The predicted octanol–water partition coefficient (Wildman–Crippen LogP) is 2.85. The molecule has 0 radical (unpaired) electrons. The summed E-state index contributed by atoms with van der Waals surface area (Å²) in [6.45, 7) is 2.08. The van der Waals surface area contributed by atoms with Crippen molar-refractivity contribution in [3.05, 3.63) is 65.0 Å². The molecule has 0 bridgehead atoms. The topological polar surface area (TPSA) is 29.3 Å². The van der Waals surface area contributed by atoms with Gasteiger partial charge in [-0.05, 0) is 35.7 Å². The second-order valence-electron chi connectivity index (χ2n) is 4.93. The molecule has 0 unspecified atom stereocenters. The SMILES string of the molecule is NCc1cc(CN2CCc3ccccc32)ccc1F. The zero-order valence-electron chi connectivity index (χ0n) is 10.8. The molecule has 1 aliphatic heterocycles. The minimum atomic E-state index is -0.215. The van der Waals surface area contributed by atoms with Gasteiger partial charge in [0.25, 0.3) is 0 Å². The summed E-state index contributed by atoms with van der Waals surface area (Å²) in [6, 6.07) is 13.7. The summed E-state index contributed by atoms with van der Waals surface area (Å²) < 4.78 is 13.4. The van der Waals surface area contributed by atoms with Crippen molar-refractivity contribution >= 4 is 5.69 Å². The minimum absolute atomic E-state index is 0.215. The molecule has 98 valence electrons. The zero-order chi connectivity index (χ0) is 13.2. The number of rotatable bonds is 3. The largest absolute Gasteiger partial charge is 0.367 e. The van der Waals surface area contributed by atoms with E-state index in [1.807, 2.05) is 12.1 Å². The molecule has 0 atom stereocenters. The third-order valence-electron chi connectivity index (χ3n) is 3.69. The van der Waals surface area contributed by atoms with Crippen LogP contribution < -0.4 is 10.6 Å². The monoisotopic (exact) mass is 256 g/mol. The van der Waals surface area contributed by atoms with Crippen LogP contribution in [-0.4, -0.2) is 6.54 Å². The maximum atomic E-state index is 13.4. The third-order valence-corrected chi connectivity index (χ3v) is 3.69. The van der Waals surface area contributed by atoms with E-state index in [4.69, 9.17) is 5.73 Å². The first kappa shape index (κ1) is 12.2. The van der Waals surface area contributed by atoms with Crippen LogP contribution in [0.4, 0.5) is 10.1 Å². The van der Waals surface area contributed by atoms with Gasteiger partial charge in [0.15, 0.2) is 0 Å². The van der Waals surface area contributed by atoms with Crippen molar-refractivity contribution in [1.29, 1.82) is 0 Å². The van der Waals surface area contributed by atoms with E-state index in [9.17, 15) is 4.39 Å². The average Bonchev–Trinajstić information content (AvgIpc) is 2.84. The highest BCUT2D eigenvalue weighted by atomic mass is 19.1. The maximum Gasteiger partial charge on any atom is 0.127 e. The summed E-state index contributed by atoms with van der Waals surface area (Å²) in [6.07, 6.45) is 1.08. The molecule has 0 fully saturated rings. The van der Waals surface area contributed by atoms with E-state index in [0.29, 0.717) is 5.56 Å². The second kappa shape index (κ2) is 5.02. The van der Waals surface area contributed by atoms with Crippen LogP contribution in [0.1, 0.15) is 16.7 Å². The molecule has 2 nitrogen and oxygen atoms in total. The van der Waals surface area contributed by atoms with Gasteiger partial charge in [-0.1, -0.05) is 24.3 Å². The van der Waals surface area contributed by atoms with Crippen LogP contribution in [0.5, 0.6) is 0 Å². The van der Waals surface area contributed by atoms with Gasteiger partial charge in [-0.15, -0.1) is 0 Å². The van der Waals surface area contributed by atoms with Crippen LogP contribution in [0.3, 0.4) is 0 Å². The highest BCUT2D eigenvalue weighted by molar-refractivity contribution is 5.58. The molecule has 2 aromatic carbocycles. The van der Waals surface area contributed by atoms with Crippen molar-refractivity contribution in [1.82, 2.24) is 0 Å². The van der Waals surface area contributed by atoms with E-state index in [0.717, 1.165) is 25.1 Å². The van der Waals surface area contributed by atoms with E-state index < -0.39 is 0 Å². The molecule has 19 heavy (non-hydrogen) atoms. The van der Waals surface area contributed by atoms with Crippen LogP contribution >= 0.6 is 0 Å². The second-order valence-corrected chi connectivity index (χ2v) is 4.93. The van der Waals surface area contributed by atoms with Gasteiger partial charge in [-0.3, -0.25) is 0 Å². The lowest BCUT2D eigenvalue weighted by Gasteiger charge is -2.20. The molecular weight excluding hydrogens is 239 g/mol. The number of para-hydroxylation sites is 1. The molecule has 2 N–H and O–H groups in total. The van der Waals surface area contributed by atoms with E-state index in [2.05, 4.69) is 29.2 Å². The number of nitrogens with zero attached hydrogens (tertiary/aromatic N) is 1. The van der Waals surface area contributed by atoms with E-state index >= 15 is 0 Å². The number of benzene rings is 2. The number of halogens is 1. The lowest BCUT2D eigenvalue weighted by Crippen LogP contribution is -2.19. The van der Waals surface area contributed by atoms with Gasteiger partial charge in [0.1, 0.15) is 5.82 Å². The number of anilines is 1. The lowest BCUT2D eigenvalue weighted by atomic mass is 10.1. The highest BCUT2D eigenvalue weighted by Gasteiger charge is 2.18. The quantitative estimate of drug-likeness (QED) is 0.915. The molecule has 0 spiro atoms. The summed E-state index contributed by atoms with van der Waals surface area (Å²) in [5.41, 5.74) is 9.93. The van der Waals surface area contributed by atoms with Crippen molar-refractivity contribution in [2.45, 2.75) is 19.5 Å². The molecule has 1 heterocycles. The molecule has 0 aromatic heterocycles. The first-order chi connectivity index (χ1) is 9.28. The molecule has 1 aliphatic rings. The Bertz CT molecular complexity index is 595. The maximum absolute atomic E-state index is 13.4. The Hall–Kier alpha value is -1.87. The Kier molecular flexibility index (Phi) is 3.22. The summed E-state index contributed by atoms with van der Waals surface area (Å²) in [4.78, 5) is 2.34. The van der Waals surface area contributed by atoms with Gasteiger partial charge in [-0.25, -0.2) is 4.39 Å². The van der Waals surface area contributed by atoms with Gasteiger partial charge < -0.3 is 10.6 Å². The van der Waals surface area contributed by atoms with Gasteiger partial charge in [0, 0.05) is 30.9 Å². The summed E-state index contributed by atoms with van der Waals surface area (Å²) in [5.74, 6) is -0.215. The van der Waals surface area contributed by atoms with Crippen LogP contribution in [0.15, 0.2) is 42.5 Å². The van der Waals surface area contributed by atoms with Crippen LogP contribution in [0, 0.1) is 5.82 Å². The van der Waals surface area contributed by atoms with Crippen molar-refractivity contribution in [3.63, 3.8) is 0 Å². The molecule has 2 aromatic rings. The van der Waals surface area contributed by atoms with Crippen LogP contribution in [0.25, 0.3) is 0 Å². The Morgan fingerprint density at radius 3 is 2.84 bits per heavy atom. The molecule has 3 rings (SSSR count). The molecule has 0 amide bonds. The summed E-state index contributed by atoms with van der Waals surface area (Å²) >= 11 is 0. The van der Waals surface area contributed by atoms with E-state index in [1.165, 1.54) is 17.3 Å². The van der Waals surface area contributed by atoms with Crippen LogP contribution in [-0.2, 0) is 19.5 Å². The number of hydrogen-bond donors (Lipinski definition) is 1. The number of hydrogen-bond acceptors (Lipinski definition) is 2. The summed E-state index contributed by atoms with van der Waals surface area (Å²) in [7, 11) is 0. The molecule has 0 saturated heterocycles. The van der Waals surface area contributed by atoms with E-state index in [1.54, 1.807) is 0 Å². The molecular formula is C16H17FN2. The van der Waals surface area contributed by atoms with Gasteiger partial charge in [-0.2, -0.15) is 0 Å². The van der Waals surface area contributed by atoms with E-state index in [-0.39, 0.29) is 12.4 Å². The zero-order valence-corrected chi connectivity index (χ0v) is 10.8. The first-order valence-corrected chi connectivity index (χ1v) is 6.58. The average molecular weight is 256 g/mol. The minimum Gasteiger partial charge on any atom is -0.367 e. The molecule has 3 heteroatoms. The number of fused-ring (bicyclic) bond motifs is 1. The van der Waals surface area contributed by atoms with Crippen molar-refractivity contribution < 1.29 is 4.39 Å². The number of nitrogens with two attached hydrogens (primary N) is 1. The molecule has 0 saturated carbocycles. The lowest BCUT2D eigenvalue weighted by molar-refractivity contribution is 0.609. The molecule has 0 aliphatic carbocycles. The Labute approximate surface area is 112 Å². The van der Waals surface area contributed by atoms with Crippen molar-refractivity contribution in [2.75, 3.05) is 11.4 Å². The smallest absolute Gasteiger partial charge is 0.127 e. The van der Waals surface area contributed by atoms with Gasteiger partial charge >= 0.3 is 0 Å². The predicted molar refractivity (Wildman–Crippen MR) is 75.5 cm³/mol. The van der Waals surface area contributed by atoms with Gasteiger partial charge in [0.2, 0.25) is 0 Å². The van der Waals surface area contributed by atoms with Crippen molar-refractivity contribution in [2.24, 2.45) is 5.73 Å². The Morgan fingerprint density at radius 1 is 1.16 bits per heavy atom. The Balaban J connectivity index is 1.83. The van der Waals surface area contributed by atoms with Crippen LogP contribution in [0.2, 0.25) is 0 Å². The normalized spacial score (nSPS) is 13.7. The standard InChI is InChI=1S/C16H17FN2/c17-15-6-5-12(9-14(15)10-18)11-19-8-7-13-3-1-2-4-16(13)19/h1-6,9H,7-8,10-11,18H2. The van der Waals surface area contributed by atoms with Gasteiger partial charge in [0.05, 0.1) is 0 Å². The summed E-state index contributed by atoms with van der Waals surface area (Å²) in [5, 5.41) is 0. The van der Waals surface area contributed by atoms with Crippen molar-refractivity contribution in [3.8, 4) is 0 Å². The third kappa shape index (κ3) is 2.34. The first-order valence-electron chi connectivity index (χ1n) is 6.58. The fourth-order valence-electron chi connectivity index (χ4n) is 2.67. The fraction of sp³-hybridized carbons (Fsp3) is 0.250. The highest BCUT2D eigenvalue weighted by Crippen LogP contribution is 2.29. The Morgan fingerprint density at radius 2 is 2.00 bits per heavy atom. The fourth-order valence-corrected chi connectivity index (χ4v) is 2.67.